The Kier molecular flexibility index (Phi) is 5.64. The van der Waals surface area contributed by atoms with Crippen LogP contribution >= 0.6 is 15.9 Å². The number of halogens is 3. The Hall–Kier alpha value is 0.300. The maximum atomic E-state index is 11.1. The van der Waals surface area contributed by atoms with Crippen LogP contribution in [0.25, 0.3) is 0 Å². The molecule has 1 nitrogen and oxygen atoms in total. The fraction of sp³-hybridized carbons (Fsp3) is 1.00. The molecular formula is C4H7BrF2O. The lowest BCUT2D eigenvalue weighted by Gasteiger charge is -1.97. The lowest BCUT2D eigenvalue weighted by molar-refractivity contribution is -0.128. The standard InChI is InChI=1S/C4H7BrF2O/c5-2-1-3-8-4(6)7/h4H,1-3H2. The van der Waals surface area contributed by atoms with Crippen LogP contribution < -0.4 is 0 Å². The molecule has 0 bridgehead atoms. The van der Waals surface area contributed by atoms with Gasteiger partial charge in [-0.1, -0.05) is 15.9 Å². The molecule has 0 fully saturated rings. The molecule has 0 aliphatic carbocycles. The molecule has 0 aliphatic rings. The smallest absolute Gasteiger partial charge is 0.323 e. The average Bonchev–Trinajstić information content (AvgIpc) is 1.66. The van der Waals surface area contributed by atoms with Crippen molar-refractivity contribution in [2.75, 3.05) is 11.9 Å². The molecule has 0 radical (unpaired) electrons. The minimum atomic E-state index is -2.62. The molecule has 0 atom stereocenters. The lowest BCUT2D eigenvalue weighted by Crippen LogP contribution is -2.00. The molecule has 0 unspecified atom stereocenters. The Bertz CT molecular complexity index is 51.3. The van der Waals surface area contributed by atoms with Crippen molar-refractivity contribution in [3.05, 3.63) is 0 Å². The first-order valence-electron chi connectivity index (χ1n) is 2.23. The van der Waals surface area contributed by atoms with Crippen molar-refractivity contribution < 1.29 is 13.5 Å². The average molecular weight is 189 g/mol. The van der Waals surface area contributed by atoms with Crippen LogP contribution in [0.1, 0.15) is 6.42 Å². The van der Waals surface area contributed by atoms with Crippen LogP contribution in [-0.2, 0) is 4.74 Å². The van der Waals surface area contributed by atoms with Gasteiger partial charge < -0.3 is 4.74 Å². The minimum Gasteiger partial charge on any atom is -0.323 e. The van der Waals surface area contributed by atoms with E-state index >= 15 is 0 Å². The molecule has 0 saturated heterocycles. The summed E-state index contributed by atoms with van der Waals surface area (Å²) in [5.41, 5.74) is 0. The lowest BCUT2D eigenvalue weighted by atomic mass is 10.5. The summed E-state index contributed by atoms with van der Waals surface area (Å²) in [6, 6.07) is 0. The van der Waals surface area contributed by atoms with E-state index in [0.717, 1.165) is 0 Å². The number of hydrogen-bond donors (Lipinski definition) is 0. The van der Waals surface area contributed by atoms with Crippen molar-refractivity contribution in [1.82, 2.24) is 0 Å². The van der Waals surface area contributed by atoms with Gasteiger partial charge >= 0.3 is 6.61 Å². The Morgan fingerprint density at radius 1 is 1.50 bits per heavy atom. The van der Waals surface area contributed by atoms with Crippen LogP contribution in [0.15, 0.2) is 0 Å². The predicted molar refractivity (Wildman–Crippen MR) is 30.4 cm³/mol. The van der Waals surface area contributed by atoms with E-state index in [1.807, 2.05) is 0 Å². The maximum Gasteiger partial charge on any atom is 0.345 e. The Balaban J connectivity index is 2.72. The highest BCUT2D eigenvalue weighted by Gasteiger charge is 1.98. The third kappa shape index (κ3) is 6.30. The minimum absolute atomic E-state index is 0.128. The van der Waals surface area contributed by atoms with Gasteiger partial charge in [-0.3, -0.25) is 0 Å². The second-order valence-electron chi connectivity index (χ2n) is 1.17. The van der Waals surface area contributed by atoms with Gasteiger partial charge in [0.05, 0.1) is 6.61 Å². The topological polar surface area (TPSA) is 9.23 Å². The molecule has 50 valence electrons. The summed E-state index contributed by atoms with van der Waals surface area (Å²) in [6.07, 6.45) is 0.629. The van der Waals surface area contributed by atoms with E-state index < -0.39 is 6.61 Å². The number of hydrogen-bond acceptors (Lipinski definition) is 1. The second kappa shape index (κ2) is 5.44. The molecule has 0 aromatic carbocycles. The van der Waals surface area contributed by atoms with Gasteiger partial charge in [0.25, 0.3) is 0 Å². The normalized spacial score (nSPS) is 10.5. The zero-order chi connectivity index (χ0) is 6.41. The maximum absolute atomic E-state index is 11.1. The van der Waals surface area contributed by atoms with Gasteiger partial charge in [-0.15, -0.1) is 0 Å². The van der Waals surface area contributed by atoms with E-state index in [4.69, 9.17) is 0 Å². The molecule has 8 heavy (non-hydrogen) atoms. The molecule has 0 amide bonds. The first-order valence-corrected chi connectivity index (χ1v) is 3.35. The van der Waals surface area contributed by atoms with Gasteiger partial charge in [0, 0.05) is 5.33 Å². The zero-order valence-corrected chi connectivity index (χ0v) is 5.83. The summed E-state index contributed by atoms with van der Waals surface area (Å²) in [5, 5.41) is 0.708. The van der Waals surface area contributed by atoms with Gasteiger partial charge in [-0.2, -0.15) is 8.78 Å². The molecule has 0 rings (SSSR count). The molecule has 0 spiro atoms. The SMILES string of the molecule is FC(F)OCCCBr. The molecule has 4 heteroatoms. The van der Waals surface area contributed by atoms with Crippen molar-refractivity contribution >= 4 is 15.9 Å². The summed E-state index contributed by atoms with van der Waals surface area (Å²) >= 11 is 3.07. The fourth-order valence-corrected chi connectivity index (χ4v) is 0.456. The van der Waals surface area contributed by atoms with E-state index in [1.165, 1.54) is 0 Å². The number of rotatable bonds is 4. The van der Waals surface area contributed by atoms with Gasteiger partial charge in [0.2, 0.25) is 0 Å². The first kappa shape index (κ1) is 8.30. The molecule has 0 aliphatic heterocycles. The number of alkyl halides is 3. The van der Waals surface area contributed by atoms with Crippen LogP contribution in [0.5, 0.6) is 0 Å². The summed E-state index contributed by atoms with van der Waals surface area (Å²) in [7, 11) is 0. The highest BCUT2D eigenvalue weighted by atomic mass is 79.9. The molecule has 0 aromatic rings. The monoisotopic (exact) mass is 188 g/mol. The first-order chi connectivity index (χ1) is 3.77. The Morgan fingerprint density at radius 2 is 2.12 bits per heavy atom. The molecule has 0 N–H and O–H groups in total. The Morgan fingerprint density at radius 3 is 2.50 bits per heavy atom. The van der Waals surface area contributed by atoms with E-state index in [-0.39, 0.29) is 6.61 Å². The second-order valence-corrected chi connectivity index (χ2v) is 1.97. The van der Waals surface area contributed by atoms with Crippen LogP contribution in [0.2, 0.25) is 0 Å². The van der Waals surface area contributed by atoms with E-state index in [9.17, 15) is 8.78 Å². The van der Waals surface area contributed by atoms with Gasteiger partial charge in [0.1, 0.15) is 0 Å². The highest BCUT2D eigenvalue weighted by molar-refractivity contribution is 9.09. The van der Waals surface area contributed by atoms with Gasteiger partial charge in [-0.25, -0.2) is 0 Å². The van der Waals surface area contributed by atoms with Crippen LogP contribution in [0, 0.1) is 0 Å². The number of ether oxygens (including phenoxy) is 1. The zero-order valence-electron chi connectivity index (χ0n) is 4.24. The highest BCUT2D eigenvalue weighted by Crippen LogP contribution is 1.96. The van der Waals surface area contributed by atoms with Crippen molar-refractivity contribution in [2.24, 2.45) is 0 Å². The van der Waals surface area contributed by atoms with E-state index in [2.05, 4.69) is 20.7 Å². The van der Waals surface area contributed by atoms with E-state index in [1.54, 1.807) is 0 Å². The predicted octanol–water partition coefficient (Wildman–Crippen LogP) is 2.01. The van der Waals surface area contributed by atoms with Gasteiger partial charge in [0.15, 0.2) is 0 Å². The van der Waals surface area contributed by atoms with Gasteiger partial charge in [-0.05, 0) is 6.42 Å². The summed E-state index contributed by atoms with van der Waals surface area (Å²) in [6.45, 7) is -2.49. The quantitative estimate of drug-likeness (QED) is 0.485. The third-order valence-corrected chi connectivity index (χ3v) is 1.08. The summed E-state index contributed by atoms with van der Waals surface area (Å²) in [5.74, 6) is 0. The molecule has 0 heterocycles. The van der Waals surface area contributed by atoms with Crippen molar-refractivity contribution in [3.8, 4) is 0 Å². The van der Waals surface area contributed by atoms with Crippen molar-refractivity contribution in [2.45, 2.75) is 13.0 Å². The largest absolute Gasteiger partial charge is 0.345 e. The molecular weight excluding hydrogens is 182 g/mol. The van der Waals surface area contributed by atoms with Crippen LogP contribution in [0.3, 0.4) is 0 Å². The third-order valence-electron chi connectivity index (χ3n) is 0.522. The Labute approximate surface area is 55.1 Å². The van der Waals surface area contributed by atoms with Crippen LogP contribution in [0.4, 0.5) is 8.78 Å². The fourth-order valence-electron chi connectivity index (χ4n) is 0.227. The van der Waals surface area contributed by atoms with Crippen molar-refractivity contribution in [3.63, 3.8) is 0 Å². The summed E-state index contributed by atoms with van der Waals surface area (Å²) < 4.78 is 26.2. The molecule has 0 saturated carbocycles. The van der Waals surface area contributed by atoms with E-state index in [0.29, 0.717) is 11.8 Å². The molecule has 0 aromatic heterocycles. The van der Waals surface area contributed by atoms with Crippen LogP contribution in [-0.4, -0.2) is 18.5 Å². The van der Waals surface area contributed by atoms with Crippen molar-refractivity contribution in [1.29, 1.82) is 0 Å². The summed E-state index contributed by atoms with van der Waals surface area (Å²) in [4.78, 5) is 0.